The molecule has 3 heterocycles. The van der Waals surface area contributed by atoms with E-state index in [9.17, 15) is 14.0 Å². The molecule has 7 heteroatoms. The van der Waals surface area contributed by atoms with E-state index in [4.69, 9.17) is 4.98 Å². The zero-order valence-corrected chi connectivity index (χ0v) is 19.5. The van der Waals surface area contributed by atoms with E-state index in [0.717, 1.165) is 31.6 Å². The summed E-state index contributed by atoms with van der Waals surface area (Å²) in [5.41, 5.74) is 0.930. The van der Waals surface area contributed by atoms with Crippen molar-refractivity contribution >= 4 is 11.8 Å². The summed E-state index contributed by atoms with van der Waals surface area (Å²) >= 11 is 0. The van der Waals surface area contributed by atoms with E-state index in [0.29, 0.717) is 24.6 Å². The molecular formula is C26H33FN4O2. The van der Waals surface area contributed by atoms with Crippen molar-refractivity contribution in [3.05, 3.63) is 53.9 Å². The largest absolute Gasteiger partial charge is 0.342 e. The maximum atomic E-state index is 13.9. The zero-order valence-electron chi connectivity index (χ0n) is 19.5. The first-order valence-corrected chi connectivity index (χ1v) is 12.2. The summed E-state index contributed by atoms with van der Waals surface area (Å²) in [6.45, 7) is 6.75. The number of amides is 2. The Bertz CT molecular complexity index is 1050. The lowest BCUT2D eigenvalue weighted by Crippen LogP contribution is -2.53. The molecule has 1 saturated carbocycles. The quantitative estimate of drug-likeness (QED) is 0.670. The number of rotatable bonds is 6. The number of imidazole rings is 1. The normalized spacial score (nSPS) is 25.5. The number of halogens is 1. The van der Waals surface area contributed by atoms with Crippen LogP contribution in [0.5, 0.6) is 0 Å². The van der Waals surface area contributed by atoms with Crippen molar-refractivity contribution in [2.24, 2.45) is 11.3 Å². The van der Waals surface area contributed by atoms with Crippen LogP contribution in [0.15, 0.2) is 36.8 Å². The Morgan fingerprint density at radius 2 is 2.12 bits per heavy atom. The second kappa shape index (κ2) is 8.58. The van der Waals surface area contributed by atoms with Crippen molar-refractivity contribution in [1.82, 2.24) is 19.4 Å². The summed E-state index contributed by atoms with van der Waals surface area (Å²) in [6.07, 6.45) is 8.15. The minimum absolute atomic E-state index is 0.0575. The molecule has 176 valence electrons. The lowest BCUT2D eigenvalue weighted by Gasteiger charge is -2.42. The molecule has 3 fully saturated rings. The first-order valence-electron chi connectivity index (χ1n) is 12.2. The standard InChI is InChI=1S/C26H33FN4O2/c1-18(2)31-15-23(28-17-31)22-14-30(24(32)12-20-5-3-6-21(27)11-20)16-26(22)9-4-10-29(25(26)33)13-19-7-8-19/h3,5-6,11,15,17-19,22H,4,7-10,12-14,16H2,1-2H3/t22-,26-/m0/s1. The molecule has 2 amide bonds. The molecule has 2 saturated heterocycles. The summed E-state index contributed by atoms with van der Waals surface area (Å²) in [4.78, 5) is 35.8. The van der Waals surface area contributed by atoms with E-state index in [-0.39, 0.29) is 36.0 Å². The van der Waals surface area contributed by atoms with Crippen molar-refractivity contribution in [3.8, 4) is 0 Å². The molecule has 0 N–H and O–H groups in total. The van der Waals surface area contributed by atoms with Crippen LogP contribution < -0.4 is 0 Å². The number of benzene rings is 1. The van der Waals surface area contributed by atoms with Crippen LogP contribution in [0.25, 0.3) is 0 Å². The first kappa shape index (κ1) is 22.1. The van der Waals surface area contributed by atoms with Crippen LogP contribution in [0.3, 0.4) is 0 Å². The van der Waals surface area contributed by atoms with Gasteiger partial charge in [0.15, 0.2) is 0 Å². The number of carbonyl (C=O) groups excluding carboxylic acids is 2. The van der Waals surface area contributed by atoms with Crippen molar-refractivity contribution in [1.29, 1.82) is 0 Å². The lowest BCUT2D eigenvalue weighted by atomic mass is 9.70. The Morgan fingerprint density at radius 1 is 1.30 bits per heavy atom. The van der Waals surface area contributed by atoms with Crippen LogP contribution in [0, 0.1) is 17.2 Å². The van der Waals surface area contributed by atoms with Crippen LogP contribution >= 0.6 is 0 Å². The summed E-state index contributed by atoms with van der Waals surface area (Å²) < 4.78 is 15.7. The van der Waals surface area contributed by atoms with Gasteiger partial charge in [0.05, 0.1) is 23.9 Å². The molecule has 0 unspecified atom stereocenters. The van der Waals surface area contributed by atoms with E-state index in [2.05, 4.69) is 18.4 Å². The lowest BCUT2D eigenvalue weighted by molar-refractivity contribution is -0.147. The summed E-state index contributed by atoms with van der Waals surface area (Å²) in [7, 11) is 0. The predicted octanol–water partition coefficient (Wildman–Crippen LogP) is 3.79. The van der Waals surface area contributed by atoms with E-state index < -0.39 is 5.41 Å². The minimum Gasteiger partial charge on any atom is -0.342 e. The third kappa shape index (κ3) is 4.30. The Labute approximate surface area is 194 Å². The van der Waals surface area contributed by atoms with Gasteiger partial charge in [0.1, 0.15) is 5.82 Å². The van der Waals surface area contributed by atoms with Crippen LogP contribution in [0.1, 0.15) is 62.7 Å². The van der Waals surface area contributed by atoms with Gasteiger partial charge >= 0.3 is 0 Å². The molecule has 1 aromatic carbocycles. The first-order chi connectivity index (χ1) is 15.9. The third-order valence-corrected chi connectivity index (χ3v) is 7.65. The van der Waals surface area contributed by atoms with E-state index in [1.165, 1.54) is 25.0 Å². The average Bonchev–Trinajstić information content (AvgIpc) is 3.31. The smallest absolute Gasteiger partial charge is 0.231 e. The molecule has 2 atom stereocenters. The predicted molar refractivity (Wildman–Crippen MR) is 123 cm³/mol. The number of carbonyl (C=O) groups is 2. The van der Waals surface area contributed by atoms with Gasteiger partial charge in [-0.3, -0.25) is 9.59 Å². The number of likely N-dealkylation sites (tertiary alicyclic amines) is 2. The SMILES string of the molecule is CC(C)n1cnc([C@@H]2CN(C(=O)Cc3cccc(F)c3)C[C@@]23CCCN(CC2CC2)C3=O)c1. The van der Waals surface area contributed by atoms with Gasteiger partial charge in [-0.2, -0.15) is 0 Å². The summed E-state index contributed by atoms with van der Waals surface area (Å²) in [5, 5.41) is 0. The Kier molecular flexibility index (Phi) is 5.75. The van der Waals surface area contributed by atoms with E-state index in [1.54, 1.807) is 12.1 Å². The number of hydrogen-bond acceptors (Lipinski definition) is 3. The van der Waals surface area contributed by atoms with Gasteiger partial charge in [0.2, 0.25) is 11.8 Å². The molecular weight excluding hydrogens is 419 g/mol. The molecule has 0 radical (unpaired) electrons. The van der Waals surface area contributed by atoms with Crippen LogP contribution in [-0.4, -0.2) is 57.3 Å². The molecule has 3 aliphatic rings. The monoisotopic (exact) mass is 452 g/mol. The van der Waals surface area contributed by atoms with E-state index in [1.807, 2.05) is 22.3 Å². The molecule has 33 heavy (non-hydrogen) atoms. The fourth-order valence-electron chi connectivity index (χ4n) is 5.59. The molecule has 1 spiro atoms. The van der Waals surface area contributed by atoms with Gasteiger partial charge in [-0.1, -0.05) is 12.1 Å². The van der Waals surface area contributed by atoms with Crippen LogP contribution in [-0.2, 0) is 16.0 Å². The van der Waals surface area contributed by atoms with Gasteiger partial charge in [-0.15, -0.1) is 0 Å². The molecule has 1 aromatic heterocycles. The minimum atomic E-state index is -0.624. The molecule has 6 nitrogen and oxygen atoms in total. The highest BCUT2D eigenvalue weighted by molar-refractivity contribution is 5.88. The fourth-order valence-corrected chi connectivity index (χ4v) is 5.59. The number of hydrogen-bond donors (Lipinski definition) is 0. The van der Waals surface area contributed by atoms with Crippen LogP contribution in [0.2, 0.25) is 0 Å². The van der Waals surface area contributed by atoms with Gasteiger partial charge in [-0.05, 0) is 63.1 Å². The summed E-state index contributed by atoms with van der Waals surface area (Å²) in [5.74, 6) is 0.301. The average molecular weight is 453 g/mol. The third-order valence-electron chi connectivity index (χ3n) is 7.65. The van der Waals surface area contributed by atoms with Gasteiger partial charge in [-0.25, -0.2) is 9.37 Å². The second-order valence-electron chi connectivity index (χ2n) is 10.4. The number of piperidine rings is 1. The van der Waals surface area contributed by atoms with Crippen molar-refractivity contribution < 1.29 is 14.0 Å². The molecule has 2 aliphatic heterocycles. The van der Waals surface area contributed by atoms with Gasteiger partial charge < -0.3 is 14.4 Å². The highest BCUT2D eigenvalue weighted by Gasteiger charge is 2.57. The highest BCUT2D eigenvalue weighted by Crippen LogP contribution is 2.49. The van der Waals surface area contributed by atoms with Crippen molar-refractivity contribution in [2.75, 3.05) is 26.2 Å². The molecule has 0 bridgehead atoms. The number of aromatic nitrogens is 2. The zero-order chi connectivity index (χ0) is 23.2. The molecule has 1 aliphatic carbocycles. The number of nitrogens with zero attached hydrogens (tertiary/aromatic N) is 4. The Balaban J connectivity index is 1.43. The Hall–Kier alpha value is -2.70. The van der Waals surface area contributed by atoms with Crippen LogP contribution in [0.4, 0.5) is 4.39 Å². The highest BCUT2D eigenvalue weighted by atomic mass is 19.1. The molecule has 2 aromatic rings. The van der Waals surface area contributed by atoms with E-state index >= 15 is 0 Å². The topological polar surface area (TPSA) is 58.4 Å². The second-order valence-corrected chi connectivity index (χ2v) is 10.4. The maximum Gasteiger partial charge on any atom is 0.231 e. The fraction of sp³-hybridized carbons (Fsp3) is 0.577. The maximum absolute atomic E-state index is 13.9. The van der Waals surface area contributed by atoms with Crippen molar-refractivity contribution in [3.63, 3.8) is 0 Å². The van der Waals surface area contributed by atoms with Crippen molar-refractivity contribution in [2.45, 2.75) is 57.9 Å². The Morgan fingerprint density at radius 3 is 2.82 bits per heavy atom. The van der Waals surface area contributed by atoms with Gasteiger partial charge in [0, 0.05) is 44.3 Å². The summed E-state index contributed by atoms with van der Waals surface area (Å²) in [6, 6.07) is 6.48. The molecule has 5 rings (SSSR count). The van der Waals surface area contributed by atoms with Gasteiger partial charge in [0.25, 0.3) is 0 Å².